The molecule has 0 spiro atoms. The van der Waals surface area contributed by atoms with Crippen molar-refractivity contribution in [1.82, 2.24) is 9.97 Å². The van der Waals surface area contributed by atoms with Crippen LogP contribution in [0, 0.1) is 11.6 Å². The van der Waals surface area contributed by atoms with Crippen molar-refractivity contribution in [1.29, 1.82) is 0 Å². The van der Waals surface area contributed by atoms with Crippen LogP contribution in [0.15, 0.2) is 41.7 Å². The number of aromatic nitrogens is 2. The maximum atomic E-state index is 14.9. The molecule has 182 valence electrons. The molecule has 4 rings (SSSR count). The summed E-state index contributed by atoms with van der Waals surface area (Å²) in [6.45, 7) is 1.77. The summed E-state index contributed by atoms with van der Waals surface area (Å²) >= 11 is 0. The Morgan fingerprint density at radius 3 is 2.53 bits per heavy atom. The average molecular weight is 496 g/mol. The third kappa shape index (κ3) is 3.81. The summed E-state index contributed by atoms with van der Waals surface area (Å²) in [5, 5.41) is 3.09. The number of hydrogen-bond donors (Lipinski definition) is 4. The number of rotatable bonds is 5. The molecular weight excluding hydrogens is 471 g/mol. The van der Waals surface area contributed by atoms with E-state index in [1.54, 1.807) is 0 Å². The van der Waals surface area contributed by atoms with E-state index in [-0.39, 0.29) is 33.8 Å². The number of fused-ring (bicyclic) bond motifs is 1. The van der Waals surface area contributed by atoms with Crippen LogP contribution in [0.2, 0.25) is 0 Å². The predicted molar refractivity (Wildman–Crippen MR) is 127 cm³/mol. The second-order valence-electron chi connectivity index (χ2n) is 8.53. The number of benzene rings is 1. The lowest BCUT2D eigenvalue weighted by Gasteiger charge is -2.53. The summed E-state index contributed by atoms with van der Waals surface area (Å²) in [5.74, 6) is -1.60. The van der Waals surface area contributed by atoms with Crippen LogP contribution >= 0.6 is 10.6 Å². The largest absolute Gasteiger partial charge is 0.495 e. The zero-order chi connectivity index (χ0) is 24.9. The van der Waals surface area contributed by atoms with Gasteiger partial charge in [0.2, 0.25) is 0 Å². The Kier molecular flexibility index (Phi) is 5.86. The molecule has 0 aliphatic carbocycles. The maximum Gasteiger partial charge on any atom is 0.157 e. The second-order valence-corrected chi connectivity index (χ2v) is 11.2. The number of pyridine rings is 2. The third-order valence-electron chi connectivity index (χ3n) is 6.05. The molecule has 2 aromatic heterocycles. The normalized spacial score (nSPS) is 22.2. The smallest absolute Gasteiger partial charge is 0.157 e. The van der Waals surface area contributed by atoms with Crippen LogP contribution in [0.3, 0.4) is 0 Å². The summed E-state index contributed by atoms with van der Waals surface area (Å²) in [4.78, 5) is 12.4. The van der Waals surface area contributed by atoms with Crippen molar-refractivity contribution in [3.63, 3.8) is 0 Å². The molecule has 0 amide bonds. The van der Waals surface area contributed by atoms with Crippen LogP contribution in [0.5, 0.6) is 5.75 Å². The number of alkyl halides is 1. The molecule has 1 aliphatic rings. The molecule has 34 heavy (non-hydrogen) atoms. The highest BCUT2D eigenvalue weighted by Crippen LogP contribution is 2.59. The first-order chi connectivity index (χ1) is 15.9. The first kappa shape index (κ1) is 24.0. The van der Waals surface area contributed by atoms with E-state index >= 15 is 0 Å². The van der Waals surface area contributed by atoms with Crippen molar-refractivity contribution in [2.75, 3.05) is 24.9 Å². The van der Waals surface area contributed by atoms with E-state index in [4.69, 9.17) is 10.5 Å². The molecule has 0 radical (unpaired) electrons. The molecule has 1 aliphatic heterocycles. The average Bonchev–Trinajstić information content (AvgIpc) is 2.80. The molecule has 1 aromatic carbocycles. The van der Waals surface area contributed by atoms with E-state index in [9.17, 15) is 22.3 Å². The first-order valence-electron chi connectivity index (χ1n) is 10.2. The Hall–Kier alpha value is -3.09. The molecule has 5 N–H and O–H groups in total. The van der Waals surface area contributed by atoms with Gasteiger partial charge in [-0.05, 0) is 38.1 Å². The fourth-order valence-corrected chi connectivity index (χ4v) is 5.43. The predicted octanol–water partition coefficient (Wildman–Crippen LogP) is 4.73. The van der Waals surface area contributed by atoms with Crippen molar-refractivity contribution in [2.24, 2.45) is 10.7 Å². The fraction of sp³-hybridized carbons (Fsp3) is 0.318. The maximum absolute atomic E-state index is 14.9. The van der Waals surface area contributed by atoms with Crippen molar-refractivity contribution >= 4 is 38.8 Å². The van der Waals surface area contributed by atoms with Crippen molar-refractivity contribution in [3.8, 4) is 5.75 Å². The first-order valence-corrected chi connectivity index (χ1v) is 11.9. The molecule has 12 heteroatoms. The van der Waals surface area contributed by atoms with Gasteiger partial charge in [0.25, 0.3) is 0 Å². The fourth-order valence-electron chi connectivity index (χ4n) is 3.72. The van der Waals surface area contributed by atoms with E-state index in [0.29, 0.717) is 5.75 Å². The van der Waals surface area contributed by atoms with Gasteiger partial charge < -0.3 is 15.8 Å². The van der Waals surface area contributed by atoms with Crippen molar-refractivity contribution in [3.05, 3.63) is 53.9 Å². The Balaban J connectivity index is 1.80. The lowest BCUT2D eigenvalue weighted by Crippen LogP contribution is -2.53. The van der Waals surface area contributed by atoms with Gasteiger partial charge in [-0.15, -0.1) is 0 Å². The van der Waals surface area contributed by atoms with Gasteiger partial charge in [-0.25, -0.2) is 23.1 Å². The molecule has 0 fully saturated rings. The summed E-state index contributed by atoms with van der Waals surface area (Å²) in [7, 11) is -2.04. The van der Waals surface area contributed by atoms with Crippen molar-refractivity contribution in [2.45, 2.75) is 24.1 Å². The highest BCUT2D eigenvalue weighted by Gasteiger charge is 2.51. The zero-order valence-electron chi connectivity index (χ0n) is 18.6. The molecule has 8 nitrogen and oxygen atoms in total. The Bertz CT molecular complexity index is 1300. The van der Waals surface area contributed by atoms with Crippen LogP contribution in [0.4, 0.5) is 24.7 Å². The molecule has 0 saturated heterocycles. The second kappa shape index (κ2) is 8.29. The van der Waals surface area contributed by atoms with Gasteiger partial charge in [0.05, 0.1) is 25.3 Å². The number of amidine groups is 1. The lowest BCUT2D eigenvalue weighted by molar-refractivity contribution is 0.312. The number of aliphatic imine (C=N–C) groups is 1. The van der Waals surface area contributed by atoms with Gasteiger partial charge in [-0.2, -0.15) is 10.6 Å². The molecule has 0 saturated carbocycles. The topological polar surface area (TPSA) is 126 Å². The van der Waals surface area contributed by atoms with Gasteiger partial charge in [-0.1, -0.05) is 0 Å². The monoisotopic (exact) mass is 495 g/mol. The summed E-state index contributed by atoms with van der Waals surface area (Å²) in [5.41, 5.74) is 4.31. The van der Waals surface area contributed by atoms with E-state index in [0.717, 1.165) is 12.3 Å². The number of hydrogen-bond acceptors (Lipinski definition) is 8. The van der Waals surface area contributed by atoms with Crippen LogP contribution in [-0.2, 0) is 5.54 Å². The number of anilines is 2. The molecule has 0 unspecified atom stereocenters. The number of halogens is 3. The highest BCUT2D eigenvalue weighted by molar-refractivity contribution is 8.26. The van der Waals surface area contributed by atoms with E-state index in [2.05, 4.69) is 20.3 Å². The van der Waals surface area contributed by atoms with E-state index in [1.165, 1.54) is 45.4 Å². The van der Waals surface area contributed by atoms with Crippen LogP contribution in [0.25, 0.3) is 10.9 Å². The minimum absolute atomic E-state index is 0.153. The lowest BCUT2D eigenvalue weighted by atomic mass is 9.92. The molecule has 1 atom stereocenters. The van der Waals surface area contributed by atoms with Gasteiger partial charge in [0, 0.05) is 16.6 Å². The zero-order valence-corrected chi connectivity index (χ0v) is 19.5. The van der Waals surface area contributed by atoms with Crippen LogP contribution < -0.4 is 15.8 Å². The van der Waals surface area contributed by atoms with Crippen LogP contribution in [-0.4, -0.2) is 49.2 Å². The number of ether oxygens (including phenoxy) is 1. The molecule has 3 aromatic rings. The molecule has 3 heterocycles. The quantitative estimate of drug-likeness (QED) is 0.403. The Labute approximate surface area is 195 Å². The minimum atomic E-state index is -3.47. The van der Waals surface area contributed by atoms with Gasteiger partial charge in [0.15, 0.2) is 11.6 Å². The summed E-state index contributed by atoms with van der Waals surface area (Å²) in [6.07, 6.45) is 2.40. The SMILES string of the molecule is COc1cnc2c(Nc3ccc(F)c([C@]4(CF)CS(O)(O)C(C)(C)C(N)=N4)c3)ncc(F)c2c1. The number of nitrogens with one attached hydrogen (secondary N) is 1. The highest BCUT2D eigenvalue weighted by atomic mass is 32.3. The molecule has 0 bridgehead atoms. The Morgan fingerprint density at radius 2 is 1.88 bits per heavy atom. The van der Waals surface area contributed by atoms with Gasteiger partial charge in [-0.3, -0.25) is 14.1 Å². The standard InChI is InChI=1S/C22H24F3N5O3S/c1-21(2)20(26)30-22(10-23,11-34(21,31)32)15-6-12(4-5-16(15)24)29-19-18-14(17(25)9-28-19)7-13(33-3)8-27-18/h4-9,31-32H,10-11H2,1-3H3,(H2,26,30)(H,28,29)/t22-/m0/s1. The van der Waals surface area contributed by atoms with E-state index < -0.39 is 44.9 Å². The van der Waals surface area contributed by atoms with Gasteiger partial charge >= 0.3 is 0 Å². The Morgan fingerprint density at radius 1 is 1.15 bits per heavy atom. The number of methoxy groups -OCH3 is 1. The van der Waals surface area contributed by atoms with Crippen LogP contribution in [0.1, 0.15) is 19.4 Å². The summed E-state index contributed by atoms with van der Waals surface area (Å²) < 4.78 is 68.8. The number of nitrogens with two attached hydrogens (primary N) is 1. The molecular formula is C22H24F3N5O3S. The van der Waals surface area contributed by atoms with Gasteiger partial charge in [0.1, 0.15) is 39.9 Å². The number of nitrogens with zero attached hydrogens (tertiary/aromatic N) is 3. The minimum Gasteiger partial charge on any atom is -0.495 e. The van der Waals surface area contributed by atoms with Crippen molar-refractivity contribution < 1.29 is 27.0 Å². The van der Waals surface area contributed by atoms with E-state index in [1.807, 2.05) is 0 Å². The third-order valence-corrected chi connectivity index (χ3v) is 8.77. The summed E-state index contributed by atoms with van der Waals surface area (Å²) in [6, 6.07) is 5.22.